The maximum Gasteiger partial charge on any atom is 0.227 e. The van der Waals surface area contributed by atoms with Crippen LogP contribution in [0.2, 0.25) is 0 Å². The van der Waals surface area contributed by atoms with Crippen LogP contribution in [0.1, 0.15) is 35.7 Å². The van der Waals surface area contributed by atoms with E-state index in [2.05, 4.69) is 27.6 Å². The summed E-state index contributed by atoms with van der Waals surface area (Å²) in [7, 11) is 1.69. The summed E-state index contributed by atoms with van der Waals surface area (Å²) in [4.78, 5) is 12.5. The van der Waals surface area contributed by atoms with Crippen molar-refractivity contribution in [1.29, 1.82) is 0 Å². The molecule has 0 fully saturated rings. The van der Waals surface area contributed by atoms with Crippen LogP contribution in [-0.2, 0) is 29.0 Å². The number of carbonyl (C=O) groups is 1. The molecule has 1 heterocycles. The Hall–Kier alpha value is -2.21. The molecule has 0 saturated heterocycles. The van der Waals surface area contributed by atoms with Gasteiger partial charge in [-0.05, 0) is 30.4 Å². The van der Waals surface area contributed by atoms with Crippen molar-refractivity contribution >= 4 is 5.91 Å². The first-order chi connectivity index (χ1) is 11.3. The number of aromatic nitrogens is 3. The van der Waals surface area contributed by atoms with Gasteiger partial charge in [0, 0.05) is 20.3 Å². The van der Waals surface area contributed by atoms with E-state index in [1.54, 1.807) is 13.4 Å². The van der Waals surface area contributed by atoms with Crippen molar-refractivity contribution in [3.8, 4) is 0 Å². The number of aryl methyl sites for hydroxylation is 2. The van der Waals surface area contributed by atoms with Crippen LogP contribution in [0.25, 0.3) is 0 Å². The van der Waals surface area contributed by atoms with Gasteiger partial charge in [0.1, 0.15) is 6.33 Å². The molecule has 0 bridgehead atoms. The number of nitrogens with zero attached hydrogens (tertiary/aromatic N) is 3. The molecule has 2 aromatic rings. The largest absolute Gasteiger partial charge is 0.385 e. The van der Waals surface area contributed by atoms with Crippen LogP contribution < -0.4 is 5.32 Å². The molecule has 1 N–H and O–H groups in total. The summed E-state index contributed by atoms with van der Waals surface area (Å²) in [6.45, 7) is 1.89. The highest BCUT2D eigenvalue weighted by molar-refractivity contribution is 5.84. The molecule has 1 aromatic carbocycles. The molecular formula is C17H22N4O2. The van der Waals surface area contributed by atoms with Crippen molar-refractivity contribution in [1.82, 2.24) is 20.1 Å². The normalized spacial score (nSPS) is 16.3. The molecule has 1 aliphatic rings. The first kappa shape index (κ1) is 15.7. The van der Waals surface area contributed by atoms with Gasteiger partial charge in [-0.3, -0.25) is 4.79 Å². The Morgan fingerprint density at radius 2 is 2.30 bits per heavy atom. The molecule has 0 spiro atoms. The van der Waals surface area contributed by atoms with Crippen LogP contribution in [0.5, 0.6) is 0 Å². The molecule has 1 unspecified atom stereocenters. The van der Waals surface area contributed by atoms with E-state index in [0.717, 1.165) is 37.2 Å². The lowest BCUT2D eigenvalue weighted by Crippen LogP contribution is -2.29. The Morgan fingerprint density at radius 3 is 3.17 bits per heavy atom. The van der Waals surface area contributed by atoms with E-state index < -0.39 is 0 Å². The van der Waals surface area contributed by atoms with E-state index in [1.807, 2.05) is 16.7 Å². The third-order valence-corrected chi connectivity index (χ3v) is 4.31. The van der Waals surface area contributed by atoms with E-state index in [0.29, 0.717) is 13.2 Å². The third kappa shape index (κ3) is 3.59. The summed E-state index contributed by atoms with van der Waals surface area (Å²) in [5.41, 5.74) is 2.45. The topological polar surface area (TPSA) is 69.0 Å². The van der Waals surface area contributed by atoms with Crippen molar-refractivity contribution in [2.24, 2.45) is 0 Å². The Kier molecular flexibility index (Phi) is 5.02. The predicted octanol–water partition coefficient (Wildman–Crippen LogP) is 1.66. The average molecular weight is 314 g/mol. The minimum Gasteiger partial charge on any atom is -0.385 e. The van der Waals surface area contributed by atoms with Crippen molar-refractivity contribution < 1.29 is 9.53 Å². The van der Waals surface area contributed by atoms with Crippen molar-refractivity contribution in [3.05, 3.63) is 47.5 Å². The number of ether oxygens (including phenoxy) is 1. The number of carbonyl (C=O) groups excluding carboxylic acids is 1. The quantitative estimate of drug-likeness (QED) is 0.789. The highest BCUT2D eigenvalue weighted by Gasteiger charge is 2.28. The van der Waals surface area contributed by atoms with Gasteiger partial charge in [0.2, 0.25) is 5.91 Å². The van der Waals surface area contributed by atoms with Gasteiger partial charge in [-0.2, -0.15) is 0 Å². The molecule has 1 amide bonds. The van der Waals surface area contributed by atoms with Crippen LogP contribution in [0.15, 0.2) is 30.6 Å². The first-order valence-corrected chi connectivity index (χ1v) is 8.00. The van der Waals surface area contributed by atoms with Gasteiger partial charge in [0.05, 0.1) is 12.5 Å². The number of rotatable bonds is 7. The Labute approximate surface area is 135 Å². The summed E-state index contributed by atoms with van der Waals surface area (Å²) in [6, 6.07) is 8.19. The number of hydrogen-bond acceptors (Lipinski definition) is 4. The van der Waals surface area contributed by atoms with Gasteiger partial charge < -0.3 is 14.6 Å². The van der Waals surface area contributed by atoms with E-state index in [4.69, 9.17) is 4.74 Å². The van der Waals surface area contributed by atoms with E-state index in [9.17, 15) is 4.79 Å². The Balaban J connectivity index is 1.57. The Bertz CT molecular complexity index is 668. The molecule has 1 aliphatic carbocycles. The molecule has 1 atom stereocenters. The summed E-state index contributed by atoms with van der Waals surface area (Å²) in [5.74, 6) is 0.804. The Morgan fingerprint density at radius 1 is 1.43 bits per heavy atom. The predicted molar refractivity (Wildman–Crippen MR) is 85.9 cm³/mol. The lowest BCUT2D eigenvalue weighted by atomic mass is 10.0. The van der Waals surface area contributed by atoms with Gasteiger partial charge in [0.15, 0.2) is 5.82 Å². The lowest BCUT2D eigenvalue weighted by Gasteiger charge is -2.12. The number of nitrogens with one attached hydrogen (secondary N) is 1. The molecule has 3 rings (SSSR count). The molecule has 0 aliphatic heterocycles. The molecule has 23 heavy (non-hydrogen) atoms. The fourth-order valence-electron chi connectivity index (χ4n) is 3.10. The standard InChI is InChI=1S/C17H22N4O2/c1-23-10-4-9-21-12-19-20-16(21)11-18-17(22)15-8-7-13-5-2-3-6-14(13)15/h2-3,5-6,12,15H,4,7-11H2,1H3,(H,18,22). The monoisotopic (exact) mass is 314 g/mol. The van der Waals surface area contributed by atoms with Gasteiger partial charge in [-0.25, -0.2) is 0 Å². The van der Waals surface area contributed by atoms with Gasteiger partial charge in [-0.1, -0.05) is 24.3 Å². The van der Waals surface area contributed by atoms with Crippen molar-refractivity contribution in [2.45, 2.75) is 38.3 Å². The highest BCUT2D eigenvalue weighted by Crippen LogP contribution is 2.32. The highest BCUT2D eigenvalue weighted by atomic mass is 16.5. The van der Waals surface area contributed by atoms with Crippen LogP contribution in [0, 0.1) is 0 Å². The average Bonchev–Trinajstić information content (AvgIpc) is 3.19. The van der Waals surface area contributed by atoms with Gasteiger partial charge in [-0.15, -0.1) is 10.2 Å². The van der Waals surface area contributed by atoms with Crippen LogP contribution in [0.3, 0.4) is 0 Å². The molecule has 6 heteroatoms. The fraction of sp³-hybridized carbons (Fsp3) is 0.471. The molecule has 0 saturated carbocycles. The fourth-order valence-corrected chi connectivity index (χ4v) is 3.10. The van der Waals surface area contributed by atoms with E-state index >= 15 is 0 Å². The summed E-state index contributed by atoms with van der Waals surface area (Å²) < 4.78 is 7.02. The maximum absolute atomic E-state index is 12.5. The summed E-state index contributed by atoms with van der Waals surface area (Å²) in [6.07, 6.45) is 4.45. The van der Waals surface area contributed by atoms with Gasteiger partial charge >= 0.3 is 0 Å². The molecule has 122 valence electrons. The SMILES string of the molecule is COCCCn1cnnc1CNC(=O)C1CCc2ccccc21. The van der Waals surface area contributed by atoms with E-state index in [-0.39, 0.29) is 11.8 Å². The number of fused-ring (bicyclic) bond motifs is 1. The van der Waals surface area contributed by atoms with E-state index in [1.165, 1.54) is 5.56 Å². The maximum atomic E-state index is 12.5. The second-order valence-electron chi connectivity index (χ2n) is 5.79. The minimum absolute atomic E-state index is 0.0453. The smallest absolute Gasteiger partial charge is 0.227 e. The van der Waals surface area contributed by atoms with Crippen molar-refractivity contribution in [3.63, 3.8) is 0 Å². The molecular weight excluding hydrogens is 292 g/mol. The summed E-state index contributed by atoms with van der Waals surface area (Å²) in [5, 5.41) is 11.0. The number of amides is 1. The zero-order valence-electron chi connectivity index (χ0n) is 13.4. The summed E-state index contributed by atoms with van der Waals surface area (Å²) >= 11 is 0. The van der Waals surface area contributed by atoms with Crippen LogP contribution in [-0.4, -0.2) is 34.4 Å². The molecule has 6 nitrogen and oxygen atoms in total. The second-order valence-corrected chi connectivity index (χ2v) is 5.79. The number of benzene rings is 1. The zero-order valence-corrected chi connectivity index (χ0v) is 13.4. The second kappa shape index (κ2) is 7.37. The minimum atomic E-state index is -0.0453. The lowest BCUT2D eigenvalue weighted by molar-refractivity contribution is -0.122. The number of methoxy groups -OCH3 is 1. The third-order valence-electron chi connectivity index (χ3n) is 4.31. The van der Waals surface area contributed by atoms with Gasteiger partial charge in [0.25, 0.3) is 0 Å². The first-order valence-electron chi connectivity index (χ1n) is 8.00. The van der Waals surface area contributed by atoms with Crippen molar-refractivity contribution in [2.75, 3.05) is 13.7 Å². The molecule has 1 aromatic heterocycles. The number of hydrogen-bond donors (Lipinski definition) is 1. The van der Waals surface area contributed by atoms with Crippen LogP contribution >= 0.6 is 0 Å². The van der Waals surface area contributed by atoms with Crippen LogP contribution in [0.4, 0.5) is 0 Å². The zero-order chi connectivity index (χ0) is 16.1. The molecule has 0 radical (unpaired) electrons.